The Labute approximate surface area is 56.2 Å². The van der Waals surface area contributed by atoms with E-state index in [1.807, 2.05) is 26.8 Å². The second-order valence-corrected chi connectivity index (χ2v) is 1.74. The summed E-state index contributed by atoms with van der Waals surface area (Å²) in [5, 5.41) is 0. The van der Waals surface area contributed by atoms with E-state index in [1.54, 1.807) is 7.05 Å². The standard InChI is InChI=1S/C7H13NO/c1-5-6(2)9-7(3)8-4/h5H,1-4H3/b6-5+,8-7?. The Morgan fingerprint density at radius 2 is 2.00 bits per heavy atom. The Hall–Kier alpha value is -0.790. The molecular weight excluding hydrogens is 114 g/mol. The monoisotopic (exact) mass is 127 g/mol. The van der Waals surface area contributed by atoms with Crippen molar-refractivity contribution in [1.82, 2.24) is 0 Å². The minimum atomic E-state index is 0.700. The maximum Gasteiger partial charge on any atom is 0.186 e. The normalized spacial score (nSPS) is 13.8. The Balaban J connectivity index is 3.75. The van der Waals surface area contributed by atoms with Crippen LogP contribution in [0.1, 0.15) is 20.8 Å². The summed E-state index contributed by atoms with van der Waals surface area (Å²) in [7, 11) is 1.71. The van der Waals surface area contributed by atoms with Crippen LogP contribution in [-0.2, 0) is 4.74 Å². The van der Waals surface area contributed by atoms with Crippen molar-refractivity contribution < 1.29 is 4.74 Å². The van der Waals surface area contributed by atoms with Gasteiger partial charge in [0, 0.05) is 14.0 Å². The maximum atomic E-state index is 5.16. The molecule has 0 N–H and O–H groups in total. The van der Waals surface area contributed by atoms with Crippen molar-refractivity contribution >= 4 is 5.90 Å². The average Bonchev–Trinajstić information content (AvgIpc) is 1.87. The molecule has 0 heterocycles. The Morgan fingerprint density at radius 3 is 2.33 bits per heavy atom. The zero-order valence-corrected chi connectivity index (χ0v) is 6.43. The summed E-state index contributed by atoms with van der Waals surface area (Å²) < 4.78 is 5.16. The van der Waals surface area contributed by atoms with Crippen LogP contribution in [0.5, 0.6) is 0 Å². The predicted molar refractivity (Wildman–Crippen MR) is 39.5 cm³/mol. The molecule has 2 heteroatoms. The van der Waals surface area contributed by atoms with Crippen LogP contribution >= 0.6 is 0 Å². The zero-order chi connectivity index (χ0) is 7.28. The number of allylic oxidation sites excluding steroid dienone is 2. The van der Waals surface area contributed by atoms with Crippen molar-refractivity contribution in [2.75, 3.05) is 7.05 Å². The second kappa shape index (κ2) is 4.13. The van der Waals surface area contributed by atoms with Gasteiger partial charge in [-0.15, -0.1) is 0 Å². The molecule has 2 nitrogen and oxygen atoms in total. The van der Waals surface area contributed by atoms with Crippen LogP contribution in [0.4, 0.5) is 0 Å². The third-order valence-corrected chi connectivity index (χ3v) is 1.03. The largest absolute Gasteiger partial charge is 0.449 e. The molecule has 0 fully saturated rings. The van der Waals surface area contributed by atoms with Crippen molar-refractivity contribution in [3.63, 3.8) is 0 Å². The van der Waals surface area contributed by atoms with Gasteiger partial charge in [0.1, 0.15) is 0 Å². The molecule has 0 spiro atoms. The molecule has 0 aliphatic heterocycles. The first-order chi connectivity index (χ1) is 4.20. The molecule has 0 radical (unpaired) electrons. The highest BCUT2D eigenvalue weighted by molar-refractivity contribution is 5.73. The summed E-state index contributed by atoms with van der Waals surface area (Å²) >= 11 is 0. The predicted octanol–water partition coefficient (Wildman–Crippen LogP) is 1.97. The summed E-state index contributed by atoms with van der Waals surface area (Å²) in [5.41, 5.74) is 0. The van der Waals surface area contributed by atoms with Gasteiger partial charge in [-0.1, -0.05) is 0 Å². The molecule has 0 saturated heterocycles. The average molecular weight is 127 g/mol. The highest BCUT2D eigenvalue weighted by Gasteiger charge is 1.88. The first-order valence-electron chi connectivity index (χ1n) is 2.95. The SMILES string of the molecule is C/C=C(\C)OC(C)=NC. The van der Waals surface area contributed by atoms with Gasteiger partial charge in [0.05, 0.1) is 5.76 Å². The number of hydrogen-bond acceptors (Lipinski definition) is 2. The molecule has 0 unspecified atom stereocenters. The molecule has 0 aromatic carbocycles. The topological polar surface area (TPSA) is 21.6 Å². The summed E-state index contributed by atoms with van der Waals surface area (Å²) in [5.74, 6) is 1.59. The molecule has 0 aliphatic rings. The Bertz CT molecular complexity index is 120. The molecule has 0 aromatic heterocycles. The van der Waals surface area contributed by atoms with Gasteiger partial charge in [-0.3, -0.25) is 4.99 Å². The van der Waals surface area contributed by atoms with Gasteiger partial charge < -0.3 is 4.74 Å². The van der Waals surface area contributed by atoms with E-state index < -0.39 is 0 Å². The minimum Gasteiger partial charge on any atom is -0.449 e. The molecule has 0 aromatic rings. The van der Waals surface area contributed by atoms with Gasteiger partial charge in [-0.05, 0) is 19.9 Å². The maximum absolute atomic E-state index is 5.16. The first kappa shape index (κ1) is 8.21. The van der Waals surface area contributed by atoms with Crippen molar-refractivity contribution in [3.8, 4) is 0 Å². The van der Waals surface area contributed by atoms with Gasteiger partial charge in [0.25, 0.3) is 0 Å². The third kappa shape index (κ3) is 3.76. The molecule has 0 rings (SSSR count). The van der Waals surface area contributed by atoms with Crippen LogP contribution in [0.3, 0.4) is 0 Å². The molecule has 9 heavy (non-hydrogen) atoms. The van der Waals surface area contributed by atoms with Crippen LogP contribution in [-0.4, -0.2) is 12.9 Å². The molecular formula is C7H13NO. The number of ether oxygens (including phenoxy) is 1. The fourth-order valence-electron chi connectivity index (χ4n) is 0.338. The summed E-state index contributed by atoms with van der Waals surface area (Å²) in [6.07, 6.45) is 1.90. The van der Waals surface area contributed by atoms with E-state index in [2.05, 4.69) is 4.99 Å². The Kier molecular flexibility index (Phi) is 3.76. The second-order valence-electron chi connectivity index (χ2n) is 1.74. The van der Waals surface area contributed by atoms with Crippen LogP contribution in [0.15, 0.2) is 16.8 Å². The van der Waals surface area contributed by atoms with Gasteiger partial charge in [-0.2, -0.15) is 0 Å². The van der Waals surface area contributed by atoms with E-state index in [-0.39, 0.29) is 0 Å². The lowest BCUT2D eigenvalue weighted by atomic mass is 10.5. The lowest BCUT2D eigenvalue weighted by Gasteiger charge is -2.01. The summed E-state index contributed by atoms with van der Waals surface area (Å²) in [4.78, 5) is 3.83. The molecule has 52 valence electrons. The highest BCUT2D eigenvalue weighted by atomic mass is 16.5. The Morgan fingerprint density at radius 1 is 1.44 bits per heavy atom. The number of nitrogens with zero attached hydrogens (tertiary/aromatic N) is 1. The zero-order valence-electron chi connectivity index (χ0n) is 6.43. The summed E-state index contributed by atoms with van der Waals surface area (Å²) in [6.45, 7) is 5.65. The molecule has 0 saturated carbocycles. The van der Waals surface area contributed by atoms with Gasteiger partial charge in [0.15, 0.2) is 5.90 Å². The fourth-order valence-corrected chi connectivity index (χ4v) is 0.338. The van der Waals surface area contributed by atoms with Gasteiger partial charge >= 0.3 is 0 Å². The smallest absolute Gasteiger partial charge is 0.186 e. The van der Waals surface area contributed by atoms with E-state index >= 15 is 0 Å². The van der Waals surface area contributed by atoms with E-state index in [9.17, 15) is 0 Å². The van der Waals surface area contributed by atoms with E-state index in [0.29, 0.717) is 5.90 Å². The van der Waals surface area contributed by atoms with Crippen LogP contribution in [0, 0.1) is 0 Å². The number of rotatable bonds is 1. The fraction of sp³-hybridized carbons (Fsp3) is 0.571. The van der Waals surface area contributed by atoms with E-state index in [0.717, 1.165) is 5.76 Å². The highest BCUT2D eigenvalue weighted by Crippen LogP contribution is 1.94. The third-order valence-electron chi connectivity index (χ3n) is 1.03. The van der Waals surface area contributed by atoms with Gasteiger partial charge in [0.2, 0.25) is 0 Å². The van der Waals surface area contributed by atoms with Crippen LogP contribution in [0.25, 0.3) is 0 Å². The molecule has 0 bridgehead atoms. The van der Waals surface area contributed by atoms with E-state index in [4.69, 9.17) is 4.74 Å². The minimum absolute atomic E-state index is 0.700. The van der Waals surface area contributed by atoms with Crippen molar-refractivity contribution in [2.24, 2.45) is 4.99 Å². The molecule has 0 amide bonds. The van der Waals surface area contributed by atoms with E-state index in [1.165, 1.54) is 0 Å². The first-order valence-corrected chi connectivity index (χ1v) is 2.95. The van der Waals surface area contributed by atoms with Crippen LogP contribution in [0.2, 0.25) is 0 Å². The van der Waals surface area contributed by atoms with Crippen molar-refractivity contribution in [2.45, 2.75) is 20.8 Å². The van der Waals surface area contributed by atoms with Gasteiger partial charge in [-0.25, -0.2) is 0 Å². The number of hydrogen-bond donors (Lipinski definition) is 0. The quantitative estimate of drug-likeness (QED) is 0.300. The molecule has 0 aliphatic carbocycles. The summed E-state index contributed by atoms with van der Waals surface area (Å²) in [6, 6.07) is 0. The van der Waals surface area contributed by atoms with Crippen molar-refractivity contribution in [1.29, 1.82) is 0 Å². The number of aliphatic imine (C=N–C) groups is 1. The lowest BCUT2D eigenvalue weighted by molar-refractivity contribution is 0.412. The molecule has 0 atom stereocenters. The van der Waals surface area contributed by atoms with Crippen LogP contribution < -0.4 is 0 Å². The lowest BCUT2D eigenvalue weighted by Crippen LogP contribution is -1.95. The van der Waals surface area contributed by atoms with Crippen molar-refractivity contribution in [3.05, 3.63) is 11.8 Å².